The molecule has 178 valence electrons. The van der Waals surface area contributed by atoms with Gasteiger partial charge >= 0.3 is 0 Å². The van der Waals surface area contributed by atoms with Crippen LogP contribution in [0.25, 0.3) is 0 Å². The standard InChI is InChI=1S/C28H47ClO2/c1-3-5-7-9-11-12-14-16-18-26(17-15-13-10-8-6-4-2)24-31-27-21-19-25(20-22-27)23-28(29)30/h19-22,26H,3-18,23-24H2,1-2H3. The van der Waals surface area contributed by atoms with Gasteiger partial charge in [0.15, 0.2) is 0 Å². The summed E-state index contributed by atoms with van der Waals surface area (Å²) in [6.07, 6.45) is 22.0. The molecule has 2 nitrogen and oxygen atoms in total. The van der Waals surface area contributed by atoms with Crippen LogP contribution in [0.5, 0.6) is 5.75 Å². The first kappa shape index (κ1) is 28.0. The molecule has 0 aliphatic carbocycles. The predicted molar refractivity (Wildman–Crippen MR) is 135 cm³/mol. The number of hydrogen-bond donors (Lipinski definition) is 0. The van der Waals surface area contributed by atoms with E-state index in [-0.39, 0.29) is 11.7 Å². The summed E-state index contributed by atoms with van der Waals surface area (Å²) >= 11 is 5.48. The maximum Gasteiger partial charge on any atom is 0.226 e. The number of rotatable bonds is 21. The number of carbonyl (C=O) groups is 1. The first-order chi connectivity index (χ1) is 15.2. The van der Waals surface area contributed by atoms with Crippen LogP contribution in [0.15, 0.2) is 24.3 Å². The predicted octanol–water partition coefficient (Wildman–Crippen LogP) is 9.27. The molecular weight excluding hydrogens is 404 g/mol. The fraction of sp³-hybridized carbons (Fsp3) is 0.750. The average molecular weight is 451 g/mol. The van der Waals surface area contributed by atoms with E-state index in [1.54, 1.807) is 0 Å². The van der Waals surface area contributed by atoms with Crippen molar-refractivity contribution in [3.05, 3.63) is 29.8 Å². The van der Waals surface area contributed by atoms with Gasteiger partial charge in [0.1, 0.15) is 5.75 Å². The molecule has 1 atom stereocenters. The molecule has 0 aliphatic heterocycles. The average Bonchev–Trinajstić information content (AvgIpc) is 2.76. The molecule has 31 heavy (non-hydrogen) atoms. The maximum absolute atomic E-state index is 11.0. The summed E-state index contributed by atoms with van der Waals surface area (Å²) in [6.45, 7) is 5.36. The third-order valence-corrected chi connectivity index (χ3v) is 6.32. The molecule has 0 saturated heterocycles. The molecule has 1 unspecified atom stereocenters. The molecule has 1 rings (SSSR count). The second kappa shape index (κ2) is 19.6. The summed E-state index contributed by atoms with van der Waals surface area (Å²) in [5.74, 6) is 1.55. The van der Waals surface area contributed by atoms with Gasteiger partial charge in [-0.15, -0.1) is 0 Å². The molecule has 0 aromatic heterocycles. The van der Waals surface area contributed by atoms with Gasteiger partial charge in [-0.1, -0.05) is 116 Å². The summed E-state index contributed by atoms with van der Waals surface area (Å²) in [6, 6.07) is 7.81. The number of hydrogen-bond acceptors (Lipinski definition) is 2. The van der Waals surface area contributed by atoms with Crippen molar-refractivity contribution in [1.82, 2.24) is 0 Å². The van der Waals surface area contributed by atoms with Crippen molar-refractivity contribution in [3.8, 4) is 5.75 Å². The number of benzene rings is 1. The third kappa shape index (κ3) is 16.3. The van der Waals surface area contributed by atoms with Crippen molar-refractivity contribution in [1.29, 1.82) is 0 Å². The van der Waals surface area contributed by atoms with Gasteiger partial charge in [0.25, 0.3) is 0 Å². The van der Waals surface area contributed by atoms with Crippen molar-refractivity contribution in [3.63, 3.8) is 0 Å². The van der Waals surface area contributed by atoms with Crippen molar-refractivity contribution < 1.29 is 9.53 Å². The fourth-order valence-corrected chi connectivity index (χ4v) is 4.32. The highest BCUT2D eigenvalue weighted by Crippen LogP contribution is 2.22. The van der Waals surface area contributed by atoms with Gasteiger partial charge in [0, 0.05) is 6.42 Å². The molecular formula is C28H47ClO2. The van der Waals surface area contributed by atoms with Gasteiger partial charge in [0.05, 0.1) is 6.61 Å². The first-order valence-corrected chi connectivity index (χ1v) is 13.4. The molecule has 0 N–H and O–H groups in total. The first-order valence-electron chi connectivity index (χ1n) is 13.1. The summed E-state index contributed by atoms with van der Waals surface area (Å²) < 4.78 is 6.13. The molecule has 0 amide bonds. The van der Waals surface area contributed by atoms with Crippen LogP contribution < -0.4 is 4.74 Å². The molecule has 0 aliphatic rings. The lowest BCUT2D eigenvalue weighted by Gasteiger charge is -2.18. The quantitative estimate of drug-likeness (QED) is 0.138. The van der Waals surface area contributed by atoms with E-state index in [9.17, 15) is 4.79 Å². The maximum atomic E-state index is 11.0. The Bertz CT molecular complexity index is 540. The fourth-order valence-electron chi connectivity index (χ4n) is 4.17. The van der Waals surface area contributed by atoms with Crippen LogP contribution in [-0.2, 0) is 11.2 Å². The molecule has 0 heterocycles. The highest BCUT2D eigenvalue weighted by molar-refractivity contribution is 6.63. The summed E-state index contributed by atoms with van der Waals surface area (Å²) in [7, 11) is 0. The molecule has 0 saturated carbocycles. The minimum Gasteiger partial charge on any atom is -0.493 e. The monoisotopic (exact) mass is 450 g/mol. The largest absolute Gasteiger partial charge is 0.493 e. The number of ether oxygens (including phenoxy) is 1. The van der Waals surface area contributed by atoms with Crippen molar-refractivity contribution >= 4 is 16.8 Å². The molecule has 3 heteroatoms. The summed E-state index contributed by atoms with van der Waals surface area (Å²) in [4.78, 5) is 11.0. The zero-order valence-electron chi connectivity index (χ0n) is 20.3. The van der Waals surface area contributed by atoms with Crippen LogP contribution in [0.1, 0.15) is 122 Å². The van der Waals surface area contributed by atoms with Crippen LogP contribution in [-0.4, -0.2) is 11.8 Å². The normalized spacial score (nSPS) is 12.1. The van der Waals surface area contributed by atoms with E-state index in [0.717, 1.165) is 17.9 Å². The van der Waals surface area contributed by atoms with Crippen LogP contribution >= 0.6 is 11.6 Å². The second-order valence-electron chi connectivity index (χ2n) is 9.17. The van der Waals surface area contributed by atoms with E-state index in [2.05, 4.69) is 13.8 Å². The molecule has 1 aromatic rings. The van der Waals surface area contributed by atoms with Crippen LogP contribution in [0.3, 0.4) is 0 Å². The Kier molecular flexibility index (Phi) is 17.8. The molecule has 0 fully saturated rings. The number of halogens is 1. The molecule has 1 aromatic carbocycles. The highest BCUT2D eigenvalue weighted by Gasteiger charge is 2.10. The molecule has 0 radical (unpaired) electrons. The van der Waals surface area contributed by atoms with Gasteiger partial charge < -0.3 is 4.74 Å². The van der Waals surface area contributed by atoms with Crippen molar-refractivity contribution in [2.75, 3.05) is 6.61 Å². The minimum atomic E-state index is -0.321. The number of unbranched alkanes of at least 4 members (excludes halogenated alkanes) is 12. The molecule has 0 spiro atoms. The Morgan fingerprint density at radius 3 is 1.65 bits per heavy atom. The Morgan fingerprint density at radius 1 is 0.742 bits per heavy atom. The van der Waals surface area contributed by atoms with E-state index >= 15 is 0 Å². The van der Waals surface area contributed by atoms with Gasteiger partial charge in [-0.3, -0.25) is 4.79 Å². The van der Waals surface area contributed by atoms with E-state index in [4.69, 9.17) is 16.3 Å². The van der Waals surface area contributed by atoms with Crippen LogP contribution in [0, 0.1) is 5.92 Å². The van der Waals surface area contributed by atoms with E-state index in [1.165, 1.54) is 103 Å². The van der Waals surface area contributed by atoms with E-state index in [0.29, 0.717) is 5.92 Å². The van der Waals surface area contributed by atoms with Crippen LogP contribution in [0.4, 0.5) is 0 Å². The third-order valence-electron chi connectivity index (χ3n) is 6.18. The lowest BCUT2D eigenvalue weighted by Crippen LogP contribution is -2.12. The lowest BCUT2D eigenvalue weighted by atomic mass is 9.94. The van der Waals surface area contributed by atoms with Crippen LogP contribution in [0.2, 0.25) is 0 Å². The zero-order chi connectivity index (χ0) is 22.6. The highest BCUT2D eigenvalue weighted by atomic mass is 35.5. The Morgan fingerprint density at radius 2 is 1.19 bits per heavy atom. The van der Waals surface area contributed by atoms with E-state index in [1.807, 2.05) is 24.3 Å². The van der Waals surface area contributed by atoms with Crippen molar-refractivity contribution in [2.45, 2.75) is 123 Å². The second-order valence-corrected chi connectivity index (χ2v) is 9.59. The van der Waals surface area contributed by atoms with Gasteiger partial charge in [0.2, 0.25) is 5.24 Å². The topological polar surface area (TPSA) is 26.3 Å². The van der Waals surface area contributed by atoms with Gasteiger partial charge in [-0.05, 0) is 48.1 Å². The smallest absolute Gasteiger partial charge is 0.226 e. The Balaban J connectivity index is 2.34. The lowest BCUT2D eigenvalue weighted by molar-refractivity contribution is -0.111. The van der Waals surface area contributed by atoms with Crippen molar-refractivity contribution in [2.24, 2.45) is 5.92 Å². The Labute approximate surface area is 197 Å². The zero-order valence-corrected chi connectivity index (χ0v) is 21.1. The van der Waals surface area contributed by atoms with Gasteiger partial charge in [-0.2, -0.15) is 0 Å². The van der Waals surface area contributed by atoms with Gasteiger partial charge in [-0.25, -0.2) is 0 Å². The SMILES string of the molecule is CCCCCCCCCCC(CCCCCCCC)COc1ccc(CC(=O)Cl)cc1. The minimum absolute atomic E-state index is 0.279. The van der Waals surface area contributed by atoms with E-state index < -0.39 is 0 Å². The summed E-state index contributed by atoms with van der Waals surface area (Å²) in [5, 5.41) is -0.321. The molecule has 0 bridgehead atoms. The Hall–Kier alpha value is -1.02. The number of carbonyl (C=O) groups excluding carboxylic acids is 1. The summed E-state index contributed by atoms with van der Waals surface area (Å²) in [5.41, 5.74) is 0.940.